The number of rotatable bonds is 3. The molecule has 5 nitrogen and oxygen atoms in total. The van der Waals surface area contributed by atoms with Gasteiger partial charge in [-0.15, -0.1) is 0 Å². The number of hydrogen-bond acceptors (Lipinski definition) is 3. The fourth-order valence-corrected chi connectivity index (χ4v) is 3.36. The van der Waals surface area contributed by atoms with E-state index in [4.69, 9.17) is 17.3 Å². The number of anilines is 2. The van der Waals surface area contributed by atoms with Gasteiger partial charge in [0.1, 0.15) is 5.82 Å². The van der Waals surface area contributed by atoms with E-state index in [1.54, 1.807) is 72.8 Å². The van der Waals surface area contributed by atoms with Crippen LogP contribution in [0.1, 0.15) is 20.7 Å². The average molecular weight is 390 g/mol. The van der Waals surface area contributed by atoms with Crippen LogP contribution >= 0.6 is 11.6 Å². The van der Waals surface area contributed by atoms with E-state index >= 15 is 0 Å². The van der Waals surface area contributed by atoms with Crippen molar-refractivity contribution in [1.82, 2.24) is 4.57 Å². The highest BCUT2D eigenvalue weighted by Gasteiger charge is 2.24. The topological polar surface area (TPSA) is 77.1 Å². The molecule has 3 aromatic carbocycles. The summed E-state index contributed by atoms with van der Waals surface area (Å²) in [6.45, 7) is 0. The van der Waals surface area contributed by atoms with E-state index in [0.717, 1.165) is 0 Å². The van der Waals surface area contributed by atoms with Gasteiger partial charge < -0.3 is 11.1 Å². The van der Waals surface area contributed by atoms with Crippen LogP contribution in [0.25, 0.3) is 10.9 Å². The zero-order chi connectivity index (χ0) is 19.7. The fraction of sp³-hybridized carbons (Fsp3) is 0. The van der Waals surface area contributed by atoms with Crippen LogP contribution in [0.2, 0.25) is 5.02 Å². The van der Waals surface area contributed by atoms with Gasteiger partial charge in [-0.3, -0.25) is 14.2 Å². The largest absolute Gasteiger partial charge is 0.384 e. The smallest absolute Gasteiger partial charge is 0.263 e. The van der Waals surface area contributed by atoms with Crippen molar-refractivity contribution in [1.29, 1.82) is 0 Å². The van der Waals surface area contributed by atoms with Crippen LogP contribution < -0.4 is 11.1 Å². The third-order valence-electron chi connectivity index (χ3n) is 4.48. The Hall–Kier alpha value is -3.57. The molecule has 0 radical (unpaired) electrons. The lowest BCUT2D eigenvalue weighted by molar-refractivity contribution is 0.0967. The van der Waals surface area contributed by atoms with Crippen molar-refractivity contribution in [3.8, 4) is 0 Å². The fourth-order valence-electron chi connectivity index (χ4n) is 3.17. The van der Waals surface area contributed by atoms with Crippen molar-refractivity contribution in [3.05, 3.63) is 95.0 Å². The number of benzene rings is 3. The minimum Gasteiger partial charge on any atom is -0.384 e. The van der Waals surface area contributed by atoms with E-state index in [1.165, 1.54) is 4.57 Å². The number of aromatic nitrogens is 1. The number of para-hydroxylation sites is 2. The van der Waals surface area contributed by atoms with Gasteiger partial charge in [0.05, 0.1) is 21.8 Å². The van der Waals surface area contributed by atoms with Gasteiger partial charge in [0.25, 0.3) is 11.8 Å². The quantitative estimate of drug-likeness (QED) is 0.527. The molecular weight excluding hydrogens is 374 g/mol. The first-order valence-corrected chi connectivity index (χ1v) is 9.00. The Morgan fingerprint density at radius 3 is 2.25 bits per heavy atom. The number of nitrogens with zero attached hydrogens (tertiary/aromatic N) is 1. The molecule has 1 amide bonds. The van der Waals surface area contributed by atoms with E-state index in [-0.39, 0.29) is 17.3 Å². The second-order valence-electron chi connectivity index (χ2n) is 6.22. The van der Waals surface area contributed by atoms with Crippen LogP contribution in [0, 0.1) is 0 Å². The second kappa shape index (κ2) is 7.21. The zero-order valence-electron chi connectivity index (χ0n) is 14.7. The lowest BCUT2D eigenvalue weighted by Gasteiger charge is -2.08. The molecule has 0 saturated carbocycles. The van der Waals surface area contributed by atoms with E-state index in [2.05, 4.69) is 5.32 Å². The Morgan fingerprint density at radius 2 is 1.50 bits per heavy atom. The van der Waals surface area contributed by atoms with Crippen molar-refractivity contribution in [3.63, 3.8) is 0 Å². The van der Waals surface area contributed by atoms with Crippen LogP contribution in [-0.4, -0.2) is 16.4 Å². The number of nitrogens with one attached hydrogen (secondary N) is 1. The highest BCUT2D eigenvalue weighted by molar-refractivity contribution is 6.34. The number of hydrogen-bond donors (Lipinski definition) is 2. The summed E-state index contributed by atoms with van der Waals surface area (Å²) < 4.78 is 1.37. The lowest BCUT2D eigenvalue weighted by atomic mass is 10.1. The first-order chi connectivity index (χ1) is 13.6. The summed E-state index contributed by atoms with van der Waals surface area (Å²) in [5.41, 5.74) is 8.05. The molecule has 0 aliphatic heterocycles. The van der Waals surface area contributed by atoms with Crippen molar-refractivity contribution in [2.45, 2.75) is 0 Å². The molecule has 0 aliphatic rings. The predicted octanol–water partition coefficient (Wildman–Crippen LogP) is 4.82. The van der Waals surface area contributed by atoms with Crippen molar-refractivity contribution in [2.75, 3.05) is 11.1 Å². The molecule has 28 heavy (non-hydrogen) atoms. The van der Waals surface area contributed by atoms with Crippen LogP contribution in [0.3, 0.4) is 0 Å². The predicted molar refractivity (Wildman–Crippen MR) is 112 cm³/mol. The molecule has 1 aromatic heterocycles. The highest BCUT2D eigenvalue weighted by atomic mass is 35.5. The van der Waals surface area contributed by atoms with Crippen LogP contribution in [0.5, 0.6) is 0 Å². The van der Waals surface area contributed by atoms with E-state index in [9.17, 15) is 9.59 Å². The maximum absolute atomic E-state index is 13.1. The Morgan fingerprint density at radius 1 is 0.857 bits per heavy atom. The van der Waals surface area contributed by atoms with E-state index in [0.29, 0.717) is 27.2 Å². The molecule has 1 heterocycles. The maximum atomic E-state index is 13.1. The summed E-state index contributed by atoms with van der Waals surface area (Å²) in [4.78, 5) is 26.1. The Balaban J connectivity index is 1.84. The maximum Gasteiger partial charge on any atom is 0.263 e. The van der Waals surface area contributed by atoms with Gasteiger partial charge in [0.15, 0.2) is 0 Å². The SMILES string of the molecule is Nc1c(C(=O)Nc2ccccc2Cl)c2ccccc2n1C(=O)c1ccccc1. The summed E-state index contributed by atoms with van der Waals surface area (Å²) in [7, 11) is 0. The summed E-state index contributed by atoms with van der Waals surface area (Å²) >= 11 is 6.14. The Kier molecular flexibility index (Phi) is 4.59. The molecule has 0 atom stereocenters. The molecule has 0 spiro atoms. The number of amides is 1. The molecule has 0 saturated heterocycles. The molecule has 3 N–H and O–H groups in total. The summed E-state index contributed by atoms with van der Waals surface area (Å²) in [6.07, 6.45) is 0. The molecule has 0 unspecified atom stereocenters. The van der Waals surface area contributed by atoms with Crippen molar-refractivity contribution >= 4 is 45.8 Å². The van der Waals surface area contributed by atoms with Crippen LogP contribution in [-0.2, 0) is 0 Å². The molecule has 4 rings (SSSR count). The van der Waals surface area contributed by atoms with E-state index in [1.807, 2.05) is 6.07 Å². The average Bonchev–Trinajstić information content (AvgIpc) is 3.01. The number of nitrogen functional groups attached to an aromatic ring is 1. The number of carbonyl (C=O) groups excluding carboxylic acids is 2. The minimum atomic E-state index is -0.429. The Labute approximate surface area is 166 Å². The number of carbonyl (C=O) groups is 2. The third-order valence-corrected chi connectivity index (χ3v) is 4.81. The molecular formula is C22H16ClN3O2. The van der Waals surface area contributed by atoms with E-state index < -0.39 is 5.91 Å². The zero-order valence-corrected chi connectivity index (χ0v) is 15.5. The summed E-state index contributed by atoms with van der Waals surface area (Å²) in [5, 5.41) is 3.78. The van der Waals surface area contributed by atoms with Gasteiger partial charge in [0, 0.05) is 10.9 Å². The summed E-state index contributed by atoms with van der Waals surface area (Å²) in [5.74, 6) is -0.646. The number of nitrogens with two attached hydrogens (primary N) is 1. The third kappa shape index (κ3) is 3.02. The molecule has 0 aliphatic carbocycles. The number of fused-ring (bicyclic) bond motifs is 1. The lowest BCUT2D eigenvalue weighted by Crippen LogP contribution is -2.18. The standard InChI is InChI=1S/C22H16ClN3O2/c23-16-11-5-6-12-17(16)25-21(27)19-15-10-4-7-13-18(15)26(20(19)24)22(28)14-8-2-1-3-9-14/h1-13H,24H2,(H,25,27). The number of halogens is 1. The Bertz CT molecular complexity index is 1200. The highest BCUT2D eigenvalue weighted by Crippen LogP contribution is 2.31. The van der Waals surface area contributed by atoms with Gasteiger partial charge in [-0.1, -0.05) is 60.1 Å². The molecule has 0 bridgehead atoms. The molecule has 4 aromatic rings. The van der Waals surface area contributed by atoms with Crippen LogP contribution in [0.4, 0.5) is 11.5 Å². The minimum absolute atomic E-state index is 0.0830. The van der Waals surface area contributed by atoms with Gasteiger partial charge in [-0.05, 0) is 30.3 Å². The second-order valence-corrected chi connectivity index (χ2v) is 6.63. The molecule has 0 fully saturated rings. The molecule has 138 valence electrons. The van der Waals surface area contributed by atoms with Gasteiger partial charge in [0.2, 0.25) is 0 Å². The van der Waals surface area contributed by atoms with Crippen LogP contribution in [0.15, 0.2) is 78.9 Å². The van der Waals surface area contributed by atoms with Gasteiger partial charge in [-0.2, -0.15) is 0 Å². The van der Waals surface area contributed by atoms with Gasteiger partial charge in [-0.25, -0.2) is 0 Å². The molecule has 6 heteroatoms. The first-order valence-electron chi connectivity index (χ1n) is 8.62. The normalized spacial score (nSPS) is 10.8. The van der Waals surface area contributed by atoms with Gasteiger partial charge >= 0.3 is 0 Å². The monoisotopic (exact) mass is 389 g/mol. The first kappa shape index (κ1) is 17.8. The summed E-state index contributed by atoms with van der Waals surface area (Å²) in [6, 6.07) is 22.9. The van der Waals surface area contributed by atoms with Crippen molar-refractivity contribution in [2.24, 2.45) is 0 Å². The van der Waals surface area contributed by atoms with Crippen molar-refractivity contribution < 1.29 is 9.59 Å².